The van der Waals surface area contributed by atoms with E-state index < -0.39 is 5.97 Å². The van der Waals surface area contributed by atoms with Gasteiger partial charge >= 0.3 is 5.97 Å². The number of rotatable bonds is 1. The van der Waals surface area contributed by atoms with Crippen molar-refractivity contribution in [2.75, 3.05) is 12.3 Å². The summed E-state index contributed by atoms with van der Waals surface area (Å²) < 4.78 is 0. The number of nitrogens with one attached hydrogen (secondary N) is 1. The first-order chi connectivity index (χ1) is 6.68. The predicted octanol–water partition coefficient (Wildman–Crippen LogP) is -0.597. The van der Waals surface area contributed by atoms with Crippen LogP contribution in [-0.2, 0) is 13.0 Å². The number of nitrogens with two attached hydrogens (primary N) is 1. The van der Waals surface area contributed by atoms with Gasteiger partial charge in [0, 0.05) is 25.1 Å². The summed E-state index contributed by atoms with van der Waals surface area (Å²) in [6, 6.07) is 0. The highest BCUT2D eigenvalue weighted by Gasteiger charge is 2.20. The van der Waals surface area contributed by atoms with Crippen molar-refractivity contribution in [1.29, 1.82) is 0 Å². The first kappa shape index (κ1) is 8.89. The summed E-state index contributed by atoms with van der Waals surface area (Å²) in [5, 5.41) is 12.0. The lowest BCUT2D eigenvalue weighted by Gasteiger charge is -2.17. The monoisotopic (exact) mass is 194 g/mol. The Labute approximate surface area is 80.2 Å². The molecule has 0 fully saturated rings. The van der Waals surface area contributed by atoms with Crippen molar-refractivity contribution in [2.24, 2.45) is 0 Å². The molecule has 0 aromatic carbocycles. The highest BCUT2D eigenvalue weighted by Crippen LogP contribution is 2.16. The number of hydrogen-bond acceptors (Lipinski definition) is 5. The summed E-state index contributed by atoms with van der Waals surface area (Å²) in [5.41, 5.74) is 6.82. The van der Waals surface area contributed by atoms with Crippen molar-refractivity contribution in [3.8, 4) is 0 Å². The zero-order valence-electron chi connectivity index (χ0n) is 7.45. The molecule has 6 nitrogen and oxygen atoms in total. The number of aromatic carboxylic acids is 1. The number of anilines is 1. The number of nitrogens with zero attached hydrogens (tertiary/aromatic N) is 2. The van der Waals surface area contributed by atoms with Gasteiger partial charge in [-0.25, -0.2) is 14.8 Å². The van der Waals surface area contributed by atoms with Crippen molar-refractivity contribution in [3.63, 3.8) is 0 Å². The maximum absolute atomic E-state index is 10.9. The summed E-state index contributed by atoms with van der Waals surface area (Å²) in [4.78, 5) is 18.6. The summed E-state index contributed by atoms with van der Waals surface area (Å²) in [6.07, 6.45) is 0.697. The molecule has 0 saturated heterocycles. The minimum Gasteiger partial charge on any atom is -0.476 e. The van der Waals surface area contributed by atoms with Gasteiger partial charge in [-0.15, -0.1) is 0 Å². The molecule has 1 aliphatic rings. The molecule has 6 heteroatoms. The zero-order valence-corrected chi connectivity index (χ0v) is 7.45. The fourth-order valence-corrected chi connectivity index (χ4v) is 1.54. The van der Waals surface area contributed by atoms with Crippen LogP contribution in [0.25, 0.3) is 0 Å². The van der Waals surface area contributed by atoms with Gasteiger partial charge in [-0.05, 0) is 0 Å². The summed E-state index contributed by atoms with van der Waals surface area (Å²) in [5.74, 6) is -1.03. The molecule has 0 aliphatic carbocycles. The fourth-order valence-electron chi connectivity index (χ4n) is 1.54. The molecule has 0 radical (unpaired) electrons. The fraction of sp³-hybridized carbons (Fsp3) is 0.375. The van der Waals surface area contributed by atoms with E-state index in [2.05, 4.69) is 15.3 Å². The minimum absolute atomic E-state index is 0.0136. The van der Waals surface area contributed by atoms with Crippen molar-refractivity contribution in [2.45, 2.75) is 13.0 Å². The molecule has 74 valence electrons. The predicted molar refractivity (Wildman–Crippen MR) is 48.8 cm³/mol. The summed E-state index contributed by atoms with van der Waals surface area (Å²) in [6.45, 7) is 1.29. The van der Waals surface area contributed by atoms with Crippen LogP contribution in [0.2, 0.25) is 0 Å². The van der Waals surface area contributed by atoms with Crippen molar-refractivity contribution in [3.05, 3.63) is 17.0 Å². The van der Waals surface area contributed by atoms with E-state index in [4.69, 9.17) is 10.8 Å². The third-order valence-electron chi connectivity index (χ3n) is 2.15. The normalized spacial score (nSPS) is 14.9. The van der Waals surface area contributed by atoms with Gasteiger partial charge in [0.2, 0.25) is 5.95 Å². The first-order valence-electron chi connectivity index (χ1n) is 4.28. The van der Waals surface area contributed by atoms with E-state index in [0.717, 1.165) is 12.2 Å². The largest absolute Gasteiger partial charge is 0.476 e. The number of aromatic nitrogens is 2. The van der Waals surface area contributed by atoms with Gasteiger partial charge in [-0.3, -0.25) is 0 Å². The Morgan fingerprint density at radius 3 is 3.00 bits per heavy atom. The molecule has 0 atom stereocenters. The Morgan fingerprint density at radius 2 is 2.29 bits per heavy atom. The second-order valence-electron chi connectivity index (χ2n) is 3.09. The van der Waals surface area contributed by atoms with E-state index in [-0.39, 0.29) is 11.6 Å². The van der Waals surface area contributed by atoms with Gasteiger partial charge in [0.25, 0.3) is 0 Å². The number of hydrogen-bond donors (Lipinski definition) is 3. The Balaban J connectivity index is 2.58. The topological polar surface area (TPSA) is 101 Å². The number of carboxylic acid groups (broad SMARTS) is 1. The van der Waals surface area contributed by atoms with Crippen molar-refractivity contribution < 1.29 is 9.90 Å². The van der Waals surface area contributed by atoms with Gasteiger partial charge < -0.3 is 16.2 Å². The van der Waals surface area contributed by atoms with Crippen LogP contribution in [0.5, 0.6) is 0 Å². The van der Waals surface area contributed by atoms with E-state index in [0.29, 0.717) is 18.5 Å². The lowest BCUT2D eigenvalue weighted by Crippen LogP contribution is -2.28. The molecule has 0 saturated carbocycles. The van der Waals surface area contributed by atoms with Crippen molar-refractivity contribution >= 4 is 11.9 Å². The molecule has 0 bridgehead atoms. The lowest BCUT2D eigenvalue weighted by molar-refractivity contribution is 0.0688. The van der Waals surface area contributed by atoms with Gasteiger partial charge in [0.05, 0.1) is 5.69 Å². The average molecular weight is 194 g/mol. The summed E-state index contributed by atoms with van der Waals surface area (Å²) >= 11 is 0. The molecule has 14 heavy (non-hydrogen) atoms. The smallest absolute Gasteiger partial charge is 0.355 e. The molecular formula is C8H10N4O2. The van der Waals surface area contributed by atoms with Crippen LogP contribution in [0.1, 0.15) is 21.7 Å². The van der Waals surface area contributed by atoms with E-state index in [1.807, 2.05) is 0 Å². The van der Waals surface area contributed by atoms with Gasteiger partial charge in [-0.2, -0.15) is 0 Å². The molecule has 0 amide bonds. The molecule has 0 spiro atoms. The van der Waals surface area contributed by atoms with E-state index in [1.54, 1.807) is 0 Å². The molecule has 1 aliphatic heterocycles. The highest BCUT2D eigenvalue weighted by molar-refractivity contribution is 5.87. The summed E-state index contributed by atoms with van der Waals surface area (Å²) in [7, 11) is 0. The number of fused-ring (bicyclic) bond motifs is 1. The van der Waals surface area contributed by atoms with Crippen LogP contribution in [0, 0.1) is 0 Å². The number of nitrogen functional groups attached to an aromatic ring is 1. The third-order valence-corrected chi connectivity index (χ3v) is 2.15. The maximum Gasteiger partial charge on any atom is 0.355 e. The molecule has 2 heterocycles. The van der Waals surface area contributed by atoms with Crippen LogP contribution >= 0.6 is 0 Å². The molecular weight excluding hydrogens is 184 g/mol. The Hall–Kier alpha value is -1.69. The molecule has 1 aromatic rings. The van der Waals surface area contributed by atoms with Gasteiger partial charge in [-0.1, -0.05) is 0 Å². The molecule has 0 unspecified atom stereocenters. The van der Waals surface area contributed by atoms with Crippen LogP contribution in [-0.4, -0.2) is 27.6 Å². The highest BCUT2D eigenvalue weighted by atomic mass is 16.4. The maximum atomic E-state index is 10.9. The van der Waals surface area contributed by atoms with Gasteiger partial charge in [0.1, 0.15) is 0 Å². The number of carboxylic acids is 1. The van der Waals surface area contributed by atoms with E-state index >= 15 is 0 Å². The molecule has 2 rings (SSSR count). The van der Waals surface area contributed by atoms with Gasteiger partial charge in [0.15, 0.2) is 5.69 Å². The first-order valence-corrected chi connectivity index (χ1v) is 4.28. The third kappa shape index (κ3) is 1.39. The Kier molecular flexibility index (Phi) is 2.05. The zero-order chi connectivity index (χ0) is 10.1. The second kappa shape index (κ2) is 3.22. The van der Waals surface area contributed by atoms with E-state index in [1.165, 1.54) is 0 Å². The van der Waals surface area contributed by atoms with Crippen LogP contribution in [0.3, 0.4) is 0 Å². The molecule has 4 N–H and O–H groups in total. The average Bonchev–Trinajstić information content (AvgIpc) is 2.16. The Bertz CT molecular complexity index is 391. The lowest BCUT2D eigenvalue weighted by atomic mass is 10.1. The standard InChI is InChI=1S/C8H10N4O2/c9-8-11-5-1-2-10-3-4(5)6(12-8)7(13)14/h10H,1-3H2,(H,13,14)(H2,9,11,12). The quantitative estimate of drug-likeness (QED) is 0.552. The van der Waals surface area contributed by atoms with Crippen LogP contribution in [0.4, 0.5) is 5.95 Å². The second-order valence-corrected chi connectivity index (χ2v) is 3.09. The van der Waals surface area contributed by atoms with E-state index in [9.17, 15) is 4.79 Å². The van der Waals surface area contributed by atoms with Crippen LogP contribution in [0.15, 0.2) is 0 Å². The SMILES string of the molecule is Nc1nc2c(c(C(=O)O)n1)CNCC2. The Morgan fingerprint density at radius 1 is 1.50 bits per heavy atom. The molecule has 1 aromatic heterocycles. The van der Waals surface area contributed by atoms with Crippen LogP contribution < -0.4 is 11.1 Å². The minimum atomic E-state index is -1.06. The number of carbonyl (C=O) groups is 1. The van der Waals surface area contributed by atoms with Crippen molar-refractivity contribution in [1.82, 2.24) is 15.3 Å².